The largest absolute Gasteiger partial charge is 0.369 e. The Bertz CT molecular complexity index is 449. The lowest BCUT2D eigenvalue weighted by molar-refractivity contribution is -0.140. The van der Waals surface area contributed by atoms with Crippen LogP contribution in [-0.2, 0) is 9.53 Å². The van der Waals surface area contributed by atoms with E-state index >= 15 is 0 Å². The van der Waals surface area contributed by atoms with E-state index in [1.807, 2.05) is 24.8 Å². The molecule has 3 atom stereocenters. The van der Waals surface area contributed by atoms with Crippen LogP contribution in [0.15, 0.2) is 22.7 Å². The van der Waals surface area contributed by atoms with Crippen molar-refractivity contribution < 1.29 is 9.53 Å². The van der Waals surface area contributed by atoms with E-state index in [1.54, 1.807) is 0 Å². The number of hydrogen-bond donors (Lipinski definition) is 0. The summed E-state index contributed by atoms with van der Waals surface area (Å²) >= 11 is 3.46. The zero-order valence-electron chi connectivity index (χ0n) is 10.9. The summed E-state index contributed by atoms with van der Waals surface area (Å²) in [5.74, 6) is 0. The van der Waals surface area contributed by atoms with Crippen molar-refractivity contribution in [1.29, 1.82) is 0 Å². The highest BCUT2D eigenvalue weighted by molar-refractivity contribution is 9.10. The molecule has 1 aromatic rings. The smallest absolute Gasteiger partial charge is 0.210 e. The van der Waals surface area contributed by atoms with Gasteiger partial charge in [-0.15, -0.1) is 0 Å². The van der Waals surface area contributed by atoms with Gasteiger partial charge in [0, 0.05) is 4.47 Å². The SMILES string of the molecule is Cc1cc(Br)ccc1[C@H]1OCC(C)N(C=O)[C@@H]1C. The molecule has 0 spiro atoms. The summed E-state index contributed by atoms with van der Waals surface area (Å²) < 4.78 is 6.99. The van der Waals surface area contributed by atoms with Crippen LogP contribution in [0, 0.1) is 6.92 Å². The van der Waals surface area contributed by atoms with E-state index in [2.05, 4.69) is 35.0 Å². The van der Waals surface area contributed by atoms with Crippen LogP contribution in [0.3, 0.4) is 0 Å². The maximum Gasteiger partial charge on any atom is 0.210 e. The minimum Gasteiger partial charge on any atom is -0.369 e. The first kappa shape index (κ1) is 13.6. The number of halogens is 1. The van der Waals surface area contributed by atoms with Gasteiger partial charge in [0.25, 0.3) is 0 Å². The second-order valence-corrected chi connectivity index (χ2v) is 5.81. The summed E-state index contributed by atoms with van der Waals surface area (Å²) in [5, 5.41) is 0. The fourth-order valence-electron chi connectivity index (χ4n) is 2.53. The Morgan fingerprint density at radius 2 is 2.17 bits per heavy atom. The molecule has 0 bridgehead atoms. The van der Waals surface area contributed by atoms with Crippen molar-refractivity contribution in [1.82, 2.24) is 4.90 Å². The molecule has 1 fully saturated rings. The maximum atomic E-state index is 11.2. The van der Waals surface area contributed by atoms with Crippen molar-refractivity contribution in [3.05, 3.63) is 33.8 Å². The van der Waals surface area contributed by atoms with Crippen LogP contribution in [0.5, 0.6) is 0 Å². The van der Waals surface area contributed by atoms with Crippen LogP contribution in [0.1, 0.15) is 31.1 Å². The molecule has 0 radical (unpaired) electrons. The Morgan fingerprint density at radius 1 is 1.44 bits per heavy atom. The van der Waals surface area contributed by atoms with Gasteiger partial charge in [-0.3, -0.25) is 4.79 Å². The Hall–Kier alpha value is -0.870. The number of benzene rings is 1. The fraction of sp³-hybridized carbons (Fsp3) is 0.500. The summed E-state index contributed by atoms with van der Waals surface area (Å²) in [7, 11) is 0. The quantitative estimate of drug-likeness (QED) is 0.786. The first-order valence-electron chi connectivity index (χ1n) is 6.15. The molecule has 1 unspecified atom stereocenters. The molecule has 0 N–H and O–H groups in total. The topological polar surface area (TPSA) is 29.5 Å². The van der Waals surface area contributed by atoms with E-state index in [1.165, 1.54) is 5.56 Å². The van der Waals surface area contributed by atoms with Crippen LogP contribution in [0.4, 0.5) is 0 Å². The summed E-state index contributed by atoms with van der Waals surface area (Å²) in [6, 6.07) is 6.37. The molecule has 0 aliphatic carbocycles. The number of nitrogens with zero attached hydrogens (tertiary/aromatic N) is 1. The van der Waals surface area contributed by atoms with E-state index in [0.717, 1.165) is 16.4 Å². The average Bonchev–Trinajstić information content (AvgIpc) is 2.31. The van der Waals surface area contributed by atoms with Crippen LogP contribution >= 0.6 is 15.9 Å². The number of aryl methyl sites for hydroxylation is 1. The summed E-state index contributed by atoms with van der Waals surface area (Å²) in [6.07, 6.45) is 0.887. The zero-order valence-corrected chi connectivity index (χ0v) is 12.5. The van der Waals surface area contributed by atoms with Crippen LogP contribution < -0.4 is 0 Å². The summed E-state index contributed by atoms with van der Waals surface area (Å²) in [6.45, 7) is 6.70. The molecule has 1 aliphatic rings. The van der Waals surface area contributed by atoms with Gasteiger partial charge in [-0.25, -0.2) is 0 Å². The second kappa shape index (κ2) is 5.41. The molecular weight excluding hydrogens is 294 g/mol. The molecule has 1 heterocycles. The Kier molecular flexibility index (Phi) is 4.07. The molecule has 0 aromatic heterocycles. The van der Waals surface area contributed by atoms with E-state index in [9.17, 15) is 4.79 Å². The molecule has 1 amide bonds. The van der Waals surface area contributed by atoms with Gasteiger partial charge in [-0.1, -0.05) is 22.0 Å². The average molecular weight is 312 g/mol. The molecule has 98 valence electrons. The summed E-state index contributed by atoms with van der Waals surface area (Å²) in [5.41, 5.74) is 2.34. The molecule has 18 heavy (non-hydrogen) atoms. The van der Waals surface area contributed by atoms with E-state index in [0.29, 0.717) is 6.61 Å². The highest BCUT2D eigenvalue weighted by Gasteiger charge is 2.33. The normalized spacial score (nSPS) is 28.2. The number of ether oxygens (including phenoxy) is 1. The van der Waals surface area contributed by atoms with Gasteiger partial charge in [-0.05, 0) is 44.0 Å². The van der Waals surface area contributed by atoms with Gasteiger partial charge < -0.3 is 9.64 Å². The first-order valence-corrected chi connectivity index (χ1v) is 6.94. The van der Waals surface area contributed by atoms with Crippen molar-refractivity contribution in [3.8, 4) is 0 Å². The number of rotatable bonds is 2. The third kappa shape index (κ3) is 2.45. The molecule has 4 heteroatoms. The highest BCUT2D eigenvalue weighted by atomic mass is 79.9. The van der Waals surface area contributed by atoms with Gasteiger partial charge in [-0.2, -0.15) is 0 Å². The van der Waals surface area contributed by atoms with Crippen molar-refractivity contribution in [3.63, 3.8) is 0 Å². The van der Waals surface area contributed by atoms with Gasteiger partial charge >= 0.3 is 0 Å². The number of carbonyl (C=O) groups excluding carboxylic acids is 1. The Balaban J connectivity index is 2.30. The number of carbonyl (C=O) groups is 1. The van der Waals surface area contributed by atoms with E-state index < -0.39 is 0 Å². The lowest BCUT2D eigenvalue weighted by Gasteiger charge is -2.42. The van der Waals surface area contributed by atoms with Crippen LogP contribution in [-0.4, -0.2) is 30.0 Å². The van der Waals surface area contributed by atoms with Crippen LogP contribution in [0.2, 0.25) is 0 Å². The predicted molar refractivity (Wildman–Crippen MR) is 74.4 cm³/mol. The third-order valence-corrected chi connectivity index (χ3v) is 4.09. The lowest BCUT2D eigenvalue weighted by atomic mass is 9.95. The van der Waals surface area contributed by atoms with Gasteiger partial charge in [0.05, 0.1) is 18.7 Å². The third-order valence-electron chi connectivity index (χ3n) is 3.59. The van der Waals surface area contributed by atoms with E-state index in [-0.39, 0.29) is 18.2 Å². The molecule has 1 saturated heterocycles. The predicted octanol–water partition coefficient (Wildman–Crippen LogP) is 3.06. The molecule has 2 rings (SSSR count). The van der Waals surface area contributed by atoms with Gasteiger partial charge in [0.15, 0.2) is 0 Å². The van der Waals surface area contributed by atoms with Crippen LogP contribution in [0.25, 0.3) is 0 Å². The zero-order chi connectivity index (χ0) is 13.3. The van der Waals surface area contributed by atoms with Gasteiger partial charge in [0.2, 0.25) is 6.41 Å². The molecular formula is C14H18BrNO2. The molecule has 0 saturated carbocycles. The Labute approximate surface area is 116 Å². The number of amides is 1. The highest BCUT2D eigenvalue weighted by Crippen LogP contribution is 2.32. The monoisotopic (exact) mass is 311 g/mol. The van der Waals surface area contributed by atoms with E-state index in [4.69, 9.17) is 4.74 Å². The number of morpholine rings is 1. The lowest BCUT2D eigenvalue weighted by Crippen LogP contribution is -2.50. The molecule has 3 nitrogen and oxygen atoms in total. The fourth-order valence-corrected chi connectivity index (χ4v) is 3.01. The molecule has 1 aliphatic heterocycles. The van der Waals surface area contributed by atoms with Crippen molar-refractivity contribution in [2.24, 2.45) is 0 Å². The minimum atomic E-state index is -0.0421. The second-order valence-electron chi connectivity index (χ2n) is 4.90. The molecule has 1 aromatic carbocycles. The van der Waals surface area contributed by atoms with Gasteiger partial charge in [0.1, 0.15) is 6.10 Å². The first-order chi connectivity index (χ1) is 8.54. The minimum absolute atomic E-state index is 0.0421. The van der Waals surface area contributed by atoms with Crippen molar-refractivity contribution >= 4 is 22.3 Å². The summed E-state index contributed by atoms with van der Waals surface area (Å²) in [4.78, 5) is 13.0. The Morgan fingerprint density at radius 3 is 2.78 bits per heavy atom. The standard InChI is InChI=1S/C14H18BrNO2/c1-9-6-12(15)4-5-13(9)14-11(3)16(8-17)10(2)7-18-14/h4-6,8,10-11,14H,7H2,1-3H3/t10?,11-,14+/m1/s1. The maximum absolute atomic E-state index is 11.2. The van der Waals surface area contributed by atoms with Crippen molar-refractivity contribution in [2.75, 3.05) is 6.61 Å². The number of hydrogen-bond acceptors (Lipinski definition) is 2. The van der Waals surface area contributed by atoms with Crippen molar-refractivity contribution in [2.45, 2.75) is 39.0 Å².